The van der Waals surface area contributed by atoms with Gasteiger partial charge in [-0.1, -0.05) is 0 Å². The van der Waals surface area contributed by atoms with E-state index in [4.69, 9.17) is 9.47 Å². The first-order valence-electron chi connectivity index (χ1n) is 5.43. The summed E-state index contributed by atoms with van der Waals surface area (Å²) in [5.41, 5.74) is 2.26. The second-order valence-corrected chi connectivity index (χ2v) is 3.70. The van der Waals surface area contributed by atoms with Crippen LogP contribution in [-0.4, -0.2) is 25.5 Å². The maximum absolute atomic E-state index is 11.2. The van der Waals surface area contributed by atoms with Crippen molar-refractivity contribution >= 4 is 12.3 Å². The molecule has 0 unspecified atom stereocenters. The smallest absolute Gasteiger partial charge is 0.344 e. The highest BCUT2D eigenvalue weighted by molar-refractivity contribution is 5.76. The summed E-state index contributed by atoms with van der Waals surface area (Å²) in [5.74, 6) is 0.231. The Morgan fingerprint density at radius 2 is 1.88 bits per heavy atom. The lowest BCUT2D eigenvalue weighted by molar-refractivity contribution is -0.145. The van der Waals surface area contributed by atoms with Gasteiger partial charge < -0.3 is 9.47 Å². The summed E-state index contributed by atoms with van der Waals surface area (Å²) in [7, 11) is 0. The Morgan fingerprint density at radius 3 is 2.35 bits per heavy atom. The molecule has 0 fully saturated rings. The number of rotatable bonds is 5. The average molecular weight is 236 g/mol. The highest BCUT2D eigenvalue weighted by atomic mass is 16.6. The molecule has 0 heterocycles. The highest BCUT2D eigenvalue weighted by Crippen LogP contribution is 2.24. The first-order valence-corrected chi connectivity index (χ1v) is 5.43. The van der Waals surface area contributed by atoms with Crippen molar-refractivity contribution in [2.45, 2.75) is 20.8 Å². The molecular weight excluding hydrogens is 220 g/mol. The molecule has 0 amide bonds. The third kappa shape index (κ3) is 3.59. The number of esters is 1. The van der Waals surface area contributed by atoms with E-state index in [2.05, 4.69) is 0 Å². The molecule has 0 spiro atoms. The third-order valence-electron chi connectivity index (χ3n) is 2.26. The van der Waals surface area contributed by atoms with Crippen molar-refractivity contribution in [1.29, 1.82) is 0 Å². The molecule has 0 aliphatic heterocycles. The van der Waals surface area contributed by atoms with Crippen LogP contribution in [0.1, 0.15) is 28.4 Å². The van der Waals surface area contributed by atoms with E-state index in [1.54, 1.807) is 19.1 Å². The van der Waals surface area contributed by atoms with Crippen molar-refractivity contribution in [1.82, 2.24) is 0 Å². The molecular formula is C13H16O4. The molecule has 4 nitrogen and oxygen atoms in total. The molecule has 1 aromatic rings. The lowest BCUT2D eigenvalue weighted by Gasteiger charge is -2.12. The standard InChI is InChI=1S/C13H16O4/c1-4-16-12(15)8-17-13-9(2)5-11(7-14)6-10(13)3/h5-7H,4,8H2,1-3H3. The van der Waals surface area contributed by atoms with E-state index in [-0.39, 0.29) is 6.61 Å². The van der Waals surface area contributed by atoms with Crippen molar-refractivity contribution in [3.63, 3.8) is 0 Å². The van der Waals surface area contributed by atoms with E-state index in [1.165, 1.54) is 0 Å². The van der Waals surface area contributed by atoms with E-state index in [0.29, 0.717) is 17.9 Å². The first kappa shape index (κ1) is 13.2. The van der Waals surface area contributed by atoms with Gasteiger partial charge in [-0.3, -0.25) is 4.79 Å². The highest BCUT2D eigenvalue weighted by Gasteiger charge is 2.09. The number of benzene rings is 1. The summed E-state index contributed by atoms with van der Waals surface area (Å²) < 4.78 is 10.2. The zero-order chi connectivity index (χ0) is 12.8. The molecule has 17 heavy (non-hydrogen) atoms. The first-order chi connectivity index (χ1) is 8.08. The normalized spacial score (nSPS) is 9.82. The van der Waals surface area contributed by atoms with Gasteiger partial charge in [0, 0.05) is 5.56 Å². The minimum Gasteiger partial charge on any atom is -0.481 e. The Morgan fingerprint density at radius 1 is 1.29 bits per heavy atom. The molecule has 0 saturated carbocycles. The summed E-state index contributed by atoms with van der Waals surface area (Å²) in [6.45, 7) is 5.63. The Balaban J connectivity index is 2.78. The Bertz CT molecular complexity index is 400. The van der Waals surface area contributed by atoms with Crippen LogP contribution in [0.4, 0.5) is 0 Å². The molecule has 92 valence electrons. The van der Waals surface area contributed by atoms with Gasteiger partial charge in [0.2, 0.25) is 0 Å². The molecule has 0 radical (unpaired) electrons. The maximum Gasteiger partial charge on any atom is 0.344 e. The Labute approximate surface area is 101 Å². The van der Waals surface area contributed by atoms with Gasteiger partial charge in [0.05, 0.1) is 6.61 Å². The molecule has 0 aromatic heterocycles. The van der Waals surface area contributed by atoms with E-state index < -0.39 is 5.97 Å². The quantitative estimate of drug-likeness (QED) is 0.580. The van der Waals surface area contributed by atoms with E-state index in [9.17, 15) is 9.59 Å². The van der Waals surface area contributed by atoms with Gasteiger partial charge in [-0.15, -0.1) is 0 Å². The Kier molecular flexibility index (Phi) is 4.69. The van der Waals surface area contributed by atoms with Crippen LogP contribution in [0, 0.1) is 13.8 Å². The Hall–Kier alpha value is -1.84. The number of ether oxygens (including phenoxy) is 2. The molecule has 0 bridgehead atoms. The van der Waals surface area contributed by atoms with Gasteiger partial charge in [0.15, 0.2) is 6.61 Å². The number of hydrogen-bond acceptors (Lipinski definition) is 4. The van der Waals surface area contributed by atoms with E-state index in [0.717, 1.165) is 17.4 Å². The number of aldehydes is 1. The average Bonchev–Trinajstić information content (AvgIpc) is 2.28. The van der Waals surface area contributed by atoms with Crippen molar-refractivity contribution in [3.8, 4) is 5.75 Å². The second kappa shape index (κ2) is 6.03. The molecule has 0 atom stereocenters. The van der Waals surface area contributed by atoms with Crippen LogP contribution in [0.25, 0.3) is 0 Å². The SMILES string of the molecule is CCOC(=O)COc1c(C)cc(C=O)cc1C. The van der Waals surface area contributed by atoms with Crippen LogP contribution >= 0.6 is 0 Å². The summed E-state index contributed by atoms with van der Waals surface area (Å²) in [6.07, 6.45) is 0.787. The van der Waals surface area contributed by atoms with Crippen LogP contribution in [0.5, 0.6) is 5.75 Å². The zero-order valence-corrected chi connectivity index (χ0v) is 10.3. The van der Waals surface area contributed by atoms with Gasteiger partial charge in [-0.2, -0.15) is 0 Å². The fourth-order valence-electron chi connectivity index (χ4n) is 1.61. The van der Waals surface area contributed by atoms with Gasteiger partial charge in [-0.25, -0.2) is 4.79 Å². The van der Waals surface area contributed by atoms with Gasteiger partial charge in [0.1, 0.15) is 12.0 Å². The molecule has 1 rings (SSSR count). The second-order valence-electron chi connectivity index (χ2n) is 3.70. The van der Waals surface area contributed by atoms with Crippen LogP contribution in [-0.2, 0) is 9.53 Å². The monoisotopic (exact) mass is 236 g/mol. The third-order valence-corrected chi connectivity index (χ3v) is 2.26. The topological polar surface area (TPSA) is 52.6 Å². The summed E-state index contributed by atoms with van der Waals surface area (Å²) >= 11 is 0. The van der Waals surface area contributed by atoms with Crippen LogP contribution < -0.4 is 4.74 Å². The number of hydrogen-bond donors (Lipinski definition) is 0. The summed E-state index contributed by atoms with van der Waals surface area (Å²) in [5, 5.41) is 0. The van der Waals surface area contributed by atoms with Crippen LogP contribution in [0.15, 0.2) is 12.1 Å². The van der Waals surface area contributed by atoms with E-state index >= 15 is 0 Å². The zero-order valence-electron chi connectivity index (χ0n) is 10.3. The molecule has 1 aromatic carbocycles. The van der Waals surface area contributed by atoms with Gasteiger partial charge in [-0.05, 0) is 44.0 Å². The van der Waals surface area contributed by atoms with Crippen LogP contribution in [0.2, 0.25) is 0 Å². The minimum absolute atomic E-state index is 0.115. The fourth-order valence-corrected chi connectivity index (χ4v) is 1.61. The van der Waals surface area contributed by atoms with Gasteiger partial charge >= 0.3 is 5.97 Å². The predicted molar refractivity (Wildman–Crippen MR) is 63.4 cm³/mol. The molecule has 0 aliphatic rings. The number of carbonyl (C=O) groups is 2. The molecule has 0 aliphatic carbocycles. The lowest BCUT2D eigenvalue weighted by atomic mass is 10.1. The molecule has 0 N–H and O–H groups in total. The van der Waals surface area contributed by atoms with E-state index in [1.807, 2.05) is 13.8 Å². The van der Waals surface area contributed by atoms with Crippen molar-refractivity contribution < 1.29 is 19.1 Å². The lowest BCUT2D eigenvalue weighted by Crippen LogP contribution is -2.15. The molecule has 4 heteroatoms. The number of aryl methyl sites for hydroxylation is 2. The number of carbonyl (C=O) groups excluding carboxylic acids is 2. The van der Waals surface area contributed by atoms with Crippen molar-refractivity contribution in [3.05, 3.63) is 28.8 Å². The predicted octanol–water partition coefficient (Wildman–Crippen LogP) is 2.06. The van der Waals surface area contributed by atoms with Crippen molar-refractivity contribution in [2.75, 3.05) is 13.2 Å². The molecule has 0 saturated heterocycles. The minimum atomic E-state index is -0.397. The summed E-state index contributed by atoms with van der Waals surface area (Å²) in [4.78, 5) is 21.8. The maximum atomic E-state index is 11.2. The largest absolute Gasteiger partial charge is 0.481 e. The van der Waals surface area contributed by atoms with Gasteiger partial charge in [0.25, 0.3) is 0 Å². The van der Waals surface area contributed by atoms with Crippen molar-refractivity contribution in [2.24, 2.45) is 0 Å². The fraction of sp³-hybridized carbons (Fsp3) is 0.385. The van der Waals surface area contributed by atoms with Crippen LogP contribution in [0.3, 0.4) is 0 Å². The summed E-state index contributed by atoms with van der Waals surface area (Å²) in [6, 6.07) is 3.45.